The van der Waals surface area contributed by atoms with E-state index >= 15 is 0 Å². The Balaban J connectivity index is 1.30. The fourth-order valence-corrected chi connectivity index (χ4v) is 6.40. The number of rotatable bonds is 8. The Bertz CT molecular complexity index is 1020. The highest BCUT2D eigenvalue weighted by Crippen LogP contribution is 2.38. The first-order valence-corrected chi connectivity index (χ1v) is 13.3. The van der Waals surface area contributed by atoms with E-state index in [9.17, 15) is 9.59 Å². The maximum atomic E-state index is 12.8. The number of carbonyl (C=O) groups excluding carboxylic acids is 2. The molecule has 2 aromatic carbocycles. The highest BCUT2D eigenvalue weighted by molar-refractivity contribution is 8.24. The Labute approximate surface area is 208 Å². The molecule has 2 aliphatic heterocycles. The number of fused-ring (bicyclic) bond motifs is 1. The van der Waals surface area contributed by atoms with Gasteiger partial charge in [0.25, 0.3) is 0 Å². The van der Waals surface area contributed by atoms with Crippen molar-refractivity contribution in [1.29, 1.82) is 0 Å². The fourth-order valence-electron chi connectivity index (χ4n) is 3.99. The zero-order chi connectivity index (χ0) is 23.4. The minimum atomic E-state index is -0.364. The number of hydrogen-bond donors (Lipinski definition) is 3. The lowest BCUT2D eigenvalue weighted by atomic mass is 10.1. The summed E-state index contributed by atoms with van der Waals surface area (Å²) < 4.78 is 0.678. The predicted molar refractivity (Wildman–Crippen MR) is 141 cm³/mol. The van der Waals surface area contributed by atoms with Crippen LogP contribution in [-0.4, -0.2) is 44.8 Å². The molecule has 0 bridgehead atoms. The molecule has 2 heterocycles. The highest BCUT2D eigenvalue weighted by Gasteiger charge is 2.48. The van der Waals surface area contributed by atoms with Gasteiger partial charge in [-0.3, -0.25) is 14.9 Å². The topological polar surface area (TPSA) is 73.5 Å². The van der Waals surface area contributed by atoms with Crippen molar-refractivity contribution in [2.75, 3.05) is 10.7 Å². The largest absolute Gasteiger partial charge is 0.353 e. The number of thiocarbonyl (C=S) groups is 1. The van der Waals surface area contributed by atoms with E-state index in [4.69, 9.17) is 12.2 Å². The molecule has 2 aliphatic rings. The van der Waals surface area contributed by atoms with Crippen molar-refractivity contribution in [2.24, 2.45) is 0 Å². The summed E-state index contributed by atoms with van der Waals surface area (Å²) in [6, 6.07) is 18.4. The molecule has 2 fully saturated rings. The van der Waals surface area contributed by atoms with Gasteiger partial charge in [-0.05, 0) is 43.9 Å². The number of nitrogens with zero attached hydrogens (tertiary/aromatic N) is 1. The SMILES string of the molecule is Cc1ccccc1N1C(=S)SC2C(=O)NC(SCC(=O)NC(C)CCc3ccccc3)NC21. The molecular weight excluding hydrogens is 472 g/mol. The lowest BCUT2D eigenvalue weighted by Gasteiger charge is -2.37. The first kappa shape index (κ1) is 24.1. The molecule has 6 nitrogen and oxygen atoms in total. The monoisotopic (exact) mass is 500 g/mol. The van der Waals surface area contributed by atoms with Crippen LogP contribution in [0.4, 0.5) is 5.69 Å². The molecule has 4 atom stereocenters. The average Bonchev–Trinajstić information content (AvgIpc) is 3.14. The van der Waals surface area contributed by atoms with Gasteiger partial charge in [0.05, 0.1) is 5.75 Å². The van der Waals surface area contributed by atoms with E-state index in [2.05, 4.69) is 28.1 Å². The third kappa shape index (κ3) is 5.90. The summed E-state index contributed by atoms with van der Waals surface area (Å²) in [5, 5.41) is 9.19. The van der Waals surface area contributed by atoms with Crippen LogP contribution in [0.2, 0.25) is 0 Å². The van der Waals surface area contributed by atoms with Gasteiger partial charge in [0.15, 0.2) is 0 Å². The third-order valence-corrected chi connectivity index (χ3v) is 8.34. The summed E-state index contributed by atoms with van der Waals surface area (Å²) in [6.45, 7) is 4.06. The molecule has 2 aromatic rings. The van der Waals surface area contributed by atoms with Crippen LogP contribution >= 0.6 is 35.7 Å². The first-order valence-electron chi connectivity index (χ1n) is 11.0. The van der Waals surface area contributed by atoms with Crippen molar-refractivity contribution in [3.8, 4) is 0 Å². The maximum Gasteiger partial charge on any atom is 0.238 e. The number of aryl methyl sites for hydroxylation is 2. The molecule has 2 amide bonds. The zero-order valence-electron chi connectivity index (χ0n) is 18.6. The van der Waals surface area contributed by atoms with Crippen molar-refractivity contribution in [3.63, 3.8) is 0 Å². The predicted octanol–water partition coefficient (Wildman–Crippen LogP) is 3.40. The molecule has 0 aromatic heterocycles. The van der Waals surface area contributed by atoms with Gasteiger partial charge in [0.2, 0.25) is 11.8 Å². The Morgan fingerprint density at radius 3 is 2.70 bits per heavy atom. The number of benzene rings is 2. The third-order valence-electron chi connectivity index (χ3n) is 5.72. The molecule has 0 spiro atoms. The van der Waals surface area contributed by atoms with Crippen molar-refractivity contribution in [1.82, 2.24) is 16.0 Å². The van der Waals surface area contributed by atoms with Gasteiger partial charge >= 0.3 is 0 Å². The summed E-state index contributed by atoms with van der Waals surface area (Å²) >= 11 is 8.38. The van der Waals surface area contributed by atoms with Crippen LogP contribution in [0.5, 0.6) is 0 Å². The van der Waals surface area contributed by atoms with E-state index in [0.717, 1.165) is 24.1 Å². The minimum absolute atomic E-state index is 0.0363. The van der Waals surface area contributed by atoms with Crippen molar-refractivity contribution < 1.29 is 9.59 Å². The van der Waals surface area contributed by atoms with Gasteiger partial charge < -0.3 is 15.5 Å². The molecule has 2 saturated heterocycles. The summed E-state index contributed by atoms with van der Waals surface area (Å²) in [4.78, 5) is 27.3. The van der Waals surface area contributed by atoms with Crippen molar-refractivity contribution >= 4 is 57.6 Å². The number of anilines is 1. The van der Waals surface area contributed by atoms with Gasteiger partial charge in [0, 0.05) is 11.7 Å². The molecule has 9 heteroatoms. The normalized spacial score (nSPS) is 23.1. The lowest BCUT2D eigenvalue weighted by molar-refractivity contribution is -0.123. The van der Waals surface area contributed by atoms with E-state index in [-0.39, 0.29) is 40.5 Å². The lowest BCUT2D eigenvalue weighted by Crippen LogP contribution is -2.64. The molecule has 0 radical (unpaired) electrons. The van der Waals surface area contributed by atoms with E-state index in [1.54, 1.807) is 0 Å². The molecular formula is C24H28N4O2S3. The second-order valence-corrected chi connectivity index (χ2v) is 11.1. The number of thioether (sulfide) groups is 2. The molecule has 174 valence electrons. The zero-order valence-corrected chi connectivity index (χ0v) is 21.1. The molecule has 4 rings (SSSR count). The molecule has 0 saturated carbocycles. The van der Waals surface area contributed by atoms with Crippen LogP contribution in [-0.2, 0) is 16.0 Å². The smallest absolute Gasteiger partial charge is 0.238 e. The van der Waals surface area contributed by atoms with Crippen molar-refractivity contribution in [3.05, 3.63) is 65.7 Å². The van der Waals surface area contributed by atoms with Crippen LogP contribution in [0, 0.1) is 6.92 Å². The first-order chi connectivity index (χ1) is 15.9. The Morgan fingerprint density at radius 2 is 1.94 bits per heavy atom. The van der Waals surface area contributed by atoms with Gasteiger partial charge in [0.1, 0.15) is 21.2 Å². The molecule has 0 aliphatic carbocycles. The highest BCUT2D eigenvalue weighted by atomic mass is 32.2. The summed E-state index contributed by atoms with van der Waals surface area (Å²) in [6.07, 6.45) is 1.55. The Hall–Kier alpha value is -2.07. The number of hydrogen-bond acceptors (Lipinski definition) is 6. The van der Waals surface area contributed by atoms with Gasteiger partial charge in [-0.15, -0.1) is 11.8 Å². The van der Waals surface area contributed by atoms with Crippen LogP contribution in [0.25, 0.3) is 0 Å². The van der Waals surface area contributed by atoms with E-state index in [0.29, 0.717) is 4.32 Å². The quantitative estimate of drug-likeness (QED) is 0.480. The summed E-state index contributed by atoms with van der Waals surface area (Å²) in [5.74, 6) is 0.162. The van der Waals surface area contributed by atoms with Crippen molar-refractivity contribution in [2.45, 2.75) is 49.6 Å². The van der Waals surface area contributed by atoms with Gasteiger partial charge in [-0.2, -0.15) is 0 Å². The van der Waals surface area contributed by atoms with Crippen LogP contribution in [0.1, 0.15) is 24.5 Å². The van der Waals surface area contributed by atoms with Crippen LogP contribution in [0.3, 0.4) is 0 Å². The van der Waals surface area contributed by atoms with Gasteiger partial charge in [-0.25, -0.2) is 0 Å². The van der Waals surface area contributed by atoms with Gasteiger partial charge in [-0.1, -0.05) is 72.5 Å². The summed E-state index contributed by atoms with van der Waals surface area (Å²) in [7, 11) is 0. The molecule has 3 N–H and O–H groups in total. The Morgan fingerprint density at radius 1 is 1.21 bits per heavy atom. The van der Waals surface area contributed by atoms with Crippen LogP contribution < -0.4 is 20.9 Å². The van der Waals surface area contributed by atoms with E-state index in [1.165, 1.54) is 29.1 Å². The molecule has 4 unspecified atom stereocenters. The van der Waals surface area contributed by atoms with Crippen LogP contribution in [0.15, 0.2) is 54.6 Å². The Kier molecular flexibility index (Phi) is 7.95. The number of amides is 2. The standard InChI is InChI=1S/C24H28N4O2S3/c1-15-8-6-7-11-18(15)28-21-20(33-24(28)31)22(30)27-23(26-21)32-14-19(29)25-16(2)12-13-17-9-4-3-5-10-17/h3-11,16,20-21,23,26H,12-14H2,1-2H3,(H,25,29)(H,27,30). The number of carbonyl (C=O) groups is 2. The second-order valence-electron chi connectivity index (χ2n) is 8.26. The molecule has 33 heavy (non-hydrogen) atoms. The summed E-state index contributed by atoms with van der Waals surface area (Å²) in [5.41, 5.74) is 3.00. The average molecular weight is 501 g/mol. The van der Waals surface area contributed by atoms with E-state index in [1.807, 2.05) is 61.2 Å². The minimum Gasteiger partial charge on any atom is -0.353 e. The fraction of sp³-hybridized carbons (Fsp3) is 0.375. The van der Waals surface area contributed by atoms with E-state index < -0.39 is 0 Å². The number of para-hydroxylation sites is 1. The maximum absolute atomic E-state index is 12.8. The second kappa shape index (κ2) is 10.9. The number of nitrogens with one attached hydrogen (secondary N) is 3.